The molecule has 82 valence electrons. The van der Waals surface area contributed by atoms with E-state index < -0.39 is 0 Å². The molecule has 0 spiro atoms. The smallest absolute Gasteiger partial charge is 0.0931 e. The fourth-order valence-corrected chi connectivity index (χ4v) is 2.09. The molecule has 0 saturated heterocycles. The van der Waals surface area contributed by atoms with E-state index >= 15 is 0 Å². The molecule has 0 aromatic carbocycles. The maximum Gasteiger partial charge on any atom is 0.0931 e. The average Bonchev–Trinajstić information content (AvgIpc) is 2.16. The first-order valence-corrected chi connectivity index (χ1v) is 5.67. The van der Waals surface area contributed by atoms with Crippen LogP contribution in [0.25, 0.3) is 0 Å². The predicted molar refractivity (Wildman–Crippen MR) is 65.1 cm³/mol. The lowest BCUT2D eigenvalue weighted by molar-refractivity contribution is 0.545. The van der Waals surface area contributed by atoms with Crippen LogP contribution in [0.4, 0.5) is 0 Å². The average molecular weight is 204 g/mol. The van der Waals surface area contributed by atoms with Crippen LogP contribution in [0.1, 0.15) is 34.1 Å². The van der Waals surface area contributed by atoms with E-state index in [1.165, 1.54) is 17.0 Å². The van der Waals surface area contributed by atoms with Crippen molar-refractivity contribution < 1.29 is 0 Å². The Morgan fingerprint density at radius 1 is 1.40 bits per heavy atom. The molecule has 1 heterocycles. The van der Waals surface area contributed by atoms with Gasteiger partial charge in [0.15, 0.2) is 0 Å². The van der Waals surface area contributed by atoms with Crippen molar-refractivity contribution >= 4 is 5.71 Å². The molecule has 0 radical (unpaired) electrons. The number of rotatable bonds is 0. The summed E-state index contributed by atoms with van der Waals surface area (Å²) >= 11 is 0. The van der Waals surface area contributed by atoms with E-state index in [0.717, 1.165) is 13.0 Å². The van der Waals surface area contributed by atoms with E-state index in [1.54, 1.807) is 0 Å². The molecule has 0 aromatic rings. The molecule has 1 atom stereocenters. The molecule has 15 heavy (non-hydrogen) atoms. The van der Waals surface area contributed by atoms with E-state index in [4.69, 9.17) is 4.99 Å². The van der Waals surface area contributed by atoms with Crippen LogP contribution in [0.2, 0.25) is 0 Å². The highest BCUT2D eigenvalue weighted by molar-refractivity contribution is 5.92. The van der Waals surface area contributed by atoms with Crippen molar-refractivity contribution in [3.63, 3.8) is 0 Å². The molecule has 1 aliphatic carbocycles. The molecule has 0 bridgehead atoms. The number of nitrogens with zero attached hydrogens (tertiary/aromatic N) is 1. The fourth-order valence-electron chi connectivity index (χ4n) is 2.09. The monoisotopic (exact) mass is 204 g/mol. The van der Waals surface area contributed by atoms with Crippen LogP contribution in [0.3, 0.4) is 0 Å². The number of aliphatic imine (C=N–C) groups is 1. The van der Waals surface area contributed by atoms with Gasteiger partial charge in [-0.3, -0.25) is 4.99 Å². The van der Waals surface area contributed by atoms with Gasteiger partial charge in [0.05, 0.1) is 12.6 Å². The summed E-state index contributed by atoms with van der Waals surface area (Å²) in [5.41, 5.74) is 4.14. The summed E-state index contributed by atoms with van der Waals surface area (Å²) in [5, 5.41) is 3.53. The van der Waals surface area contributed by atoms with Gasteiger partial charge in [0.25, 0.3) is 0 Å². The Morgan fingerprint density at radius 2 is 2.13 bits per heavy atom. The van der Waals surface area contributed by atoms with E-state index in [0.29, 0.717) is 6.04 Å². The second-order valence-corrected chi connectivity index (χ2v) is 5.43. The molecule has 2 nitrogen and oxygen atoms in total. The zero-order chi connectivity index (χ0) is 11.1. The lowest BCUT2D eigenvalue weighted by atomic mass is 9.87. The summed E-state index contributed by atoms with van der Waals surface area (Å²) in [5.74, 6) is 0. The van der Waals surface area contributed by atoms with Crippen LogP contribution < -0.4 is 5.32 Å². The second-order valence-electron chi connectivity index (χ2n) is 5.43. The number of hydrogen-bond donors (Lipinski definition) is 1. The fraction of sp³-hybridized carbons (Fsp3) is 0.615. The van der Waals surface area contributed by atoms with E-state index in [1.807, 2.05) is 0 Å². The molecular formula is C13H20N2. The van der Waals surface area contributed by atoms with Gasteiger partial charge < -0.3 is 5.32 Å². The highest BCUT2D eigenvalue weighted by Crippen LogP contribution is 2.26. The molecule has 2 aliphatic rings. The standard InChI is InChI=1S/C13H20N2/c1-9-6-5-7-10-12(9)14-8-11(15-10)13(2,3)4/h5-6,10,14H,7-8H2,1-4H3/t10-/m0/s1. The van der Waals surface area contributed by atoms with Gasteiger partial charge in [-0.25, -0.2) is 0 Å². The molecular weight excluding hydrogens is 184 g/mol. The van der Waals surface area contributed by atoms with Crippen molar-refractivity contribution in [2.45, 2.75) is 40.2 Å². The van der Waals surface area contributed by atoms with Crippen LogP contribution in [0, 0.1) is 5.41 Å². The van der Waals surface area contributed by atoms with Gasteiger partial charge in [0, 0.05) is 16.8 Å². The lowest BCUT2D eigenvalue weighted by Gasteiger charge is -2.33. The van der Waals surface area contributed by atoms with Crippen LogP contribution in [-0.4, -0.2) is 18.3 Å². The zero-order valence-corrected chi connectivity index (χ0v) is 10.1. The largest absolute Gasteiger partial charge is 0.381 e. The van der Waals surface area contributed by atoms with Crippen molar-refractivity contribution in [1.29, 1.82) is 0 Å². The summed E-state index contributed by atoms with van der Waals surface area (Å²) < 4.78 is 0. The molecule has 0 amide bonds. The Morgan fingerprint density at radius 3 is 2.80 bits per heavy atom. The summed E-state index contributed by atoms with van der Waals surface area (Å²) in [7, 11) is 0. The highest BCUT2D eigenvalue weighted by atomic mass is 15.0. The number of allylic oxidation sites excluding steroid dienone is 2. The normalized spacial score (nSPS) is 25.9. The quantitative estimate of drug-likeness (QED) is 0.644. The minimum atomic E-state index is 0.188. The van der Waals surface area contributed by atoms with Crippen molar-refractivity contribution in [2.75, 3.05) is 6.54 Å². The molecule has 0 fully saturated rings. The first-order valence-electron chi connectivity index (χ1n) is 5.67. The Labute approximate surface area is 92.2 Å². The van der Waals surface area contributed by atoms with Gasteiger partial charge >= 0.3 is 0 Å². The van der Waals surface area contributed by atoms with Gasteiger partial charge in [-0.05, 0) is 18.9 Å². The van der Waals surface area contributed by atoms with Crippen molar-refractivity contribution in [1.82, 2.24) is 5.32 Å². The van der Waals surface area contributed by atoms with Gasteiger partial charge in [-0.1, -0.05) is 32.9 Å². The molecule has 2 rings (SSSR count). The Balaban J connectivity index is 2.30. The van der Waals surface area contributed by atoms with Crippen LogP contribution in [0.5, 0.6) is 0 Å². The minimum Gasteiger partial charge on any atom is -0.381 e. The first-order chi connectivity index (χ1) is 6.98. The number of nitrogens with one attached hydrogen (secondary N) is 1. The second kappa shape index (κ2) is 3.51. The lowest BCUT2D eigenvalue weighted by Crippen LogP contribution is -2.41. The van der Waals surface area contributed by atoms with Crippen molar-refractivity contribution in [2.24, 2.45) is 10.4 Å². The molecule has 0 aromatic heterocycles. The number of hydrogen-bond acceptors (Lipinski definition) is 2. The van der Waals surface area contributed by atoms with Gasteiger partial charge in [0.1, 0.15) is 0 Å². The third-order valence-corrected chi connectivity index (χ3v) is 3.11. The van der Waals surface area contributed by atoms with E-state index in [9.17, 15) is 0 Å². The zero-order valence-electron chi connectivity index (χ0n) is 10.1. The molecule has 0 saturated carbocycles. The predicted octanol–water partition coefficient (Wildman–Crippen LogP) is 2.68. The Bertz CT molecular complexity index is 353. The summed E-state index contributed by atoms with van der Waals surface area (Å²) in [6.45, 7) is 9.75. The third-order valence-electron chi connectivity index (χ3n) is 3.11. The summed E-state index contributed by atoms with van der Waals surface area (Å²) in [4.78, 5) is 4.87. The minimum absolute atomic E-state index is 0.188. The van der Waals surface area contributed by atoms with Crippen molar-refractivity contribution in [3.05, 3.63) is 23.4 Å². The van der Waals surface area contributed by atoms with E-state index in [-0.39, 0.29) is 5.41 Å². The van der Waals surface area contributed by atoms with Gasteiger partial charge in [-0.2, -0.15) is 0 Å². The maximum absolute atomic E-state index is 4.87. The third kappa shape index (κ3) is 1.99. The van der Waals surface area contributed by atoms with Crippen LogP contribution >= 0.6 is 0 Å². The summed E-state index contributed by atoms with van der Waals surface area (Å²) in [6.07, 6.45) is 5.45. The Kier molecular flexibility index (Phi) is 2.45. The molecule has 1 N–H and O–H groups in total. The summed E-state index contributed by atoms with van der Waals surface area (Å²) in [6, 6.07) is 0.345. The van der Waals surface area contributed by atoms with Crippen LogP contribution in [-0.2, 0) is 0 Å². The van der Waals surface area contributed by atoms with Crippen LogP contribution in [0.15, 0.2) is 28.4 Å². The van der Waals surface area contributed by atoms with Gasteiger partial charge in [-0.15, -0.1) is 0 Å². The molecule has 0 unspecified atom stereocenters. The highest BCUT2D eigenvalue weighted by Gasteiger charge is 2.27. The van der Waals surface area contributed by atoms with E-state index in [2.05, 4.69) is 45.2 Å². The first kappa shape index (κ1) is 10.5. The maximum atomic E-state index is 4.87. The van der Waals surface area contributed by atoms with Gasteiger partial charge in [0.2, 0.25) is 0 Å². The topological polar surface area (TPSA) is 24.4 Å². The Hall–Kier alpha value is -1.05. The number of fused-ring (bicyclic) bond motifs is 1. The SMILES string of the molecule is CC1=C2NCC(C(C)(C)C)=N[C@H]2CC=C1. The molecule has 2 heteroatoms. The molecule has 1 aliphatic heterocycles. The van der Waals surface area contributed by atoms with Crippen molar-refractivity contribution in [3.8, 4) is 0 Å².